The Kier molecular flexibility index (Phi) is 9.14. The lowest BCUT2D eigenvalue weighted by Crippen LogP contribution is -2.32. The van der Waals surface area contributed by atoms with Crippen LogP contribution in [-0.2, 0) is 10.8 Å². The number of ether oxygens (including phenoxy) is 1. The van der Waals surface area contributed by atoms with Crippen molar-refractivity contribution in [1.29, 1.82) is 0 Å². The Morgan fingerprint density at radius 2 is 0.813 bits per heavy atom. The molecule has 75 heavy (non-hydrogen) atoms. The topological polar surface area (TPSA) is 12.5 Å². The molecule has 0 saturated heterocycles. The number of rotatable bonds is 5. The number of fused-ring (bicyclic) bond motifs is 19. The molecule has 2 heterocycles. The summed E-state index contributed by atoms with van der Waals surface area (Å²) in [4.78, 5) is 5.16. The van der Waals surface area contributed by atoms with E-state index in [1.54, 1.807) is 0 Å². The third-order valence-corrected chi connectivity index (χ3v) is 17.7. The van der Waals surface area contributed by atoms with Gasteiger partial charge in [-0.1, -0.05) is 230 Å². The van der Waals surface area contributed by atoms with Gasteiger partial charge in [-0.05, 0) is 132 Å². The highest BCUT2D eigenvalue weighted by Gasteiger charge is 2.53. The molecule has 2 spiro atoms. The largest absolute Gasteiger partial charge is 0.457 e. The third kappa shape index (κ3) is 5.87. The van der Waals surface area contributed by atoms with Gasteiger partial charge in [-0.25, -0.2) is 0 Å². The maximum atomic E-state index is 6.80. The molecule has 12 aromatic carbocycles. The molecule has 16 rings (SSSR count). The summed E-state index contributed by atoms with van der Waals surface area (Å²) in [5, 5.41) is 2.50. The smallest absolute Gasteiger partial charge is 0.132 e. The summed E-state index contributed by atoms with van der Waals surface area (Å²) in [7, 11) is 0. The zero-order valence-corrected chi connectivity index (χ0v) is 41.6. The SMILES string of the molecule is c1ccc(-c2ccc(-c3ccccc3N(c3ccc4c(c3)C3(c5ccccc5Sc5cc6ccccc6cc53)c3ccccc3-4)c3cccc4c3-c3ccccc3C43c4ccccc4Oc4ccccc43)cc2)cc1. The number of anilines is 3. The molecule has 350 valence electrons. The first-order valence-electron chi connectivity index (χ1n) is 25.9. The summed E-state index contributed by atoms with van der Waals surface area (Å²) in [6.45, 7) is 0. The van der Waals surface area contributed by atoms with Crippen molar-refractivity contribution in [2.75, 3.05) is 4.90 Å². The first-order valence-corrected chi connectivity index (χ1v) is 26.7. The standard InChI is InChI=1S/C72H45NOS/c1-2-19-46(20-3-1)47-37-39-48(40-38-47)52-23-8-14-32-64(52)73(65-33-18-31-61-70(65)55-25-7-10-27-57(55)71(61)58-28-11-15-34-66(58)74-67-35-16-12-29-59(67)71)51-41-42-54-53-24-6-9-26-56(53)72(62(54)45-51)60-30-13-17-36-68(60)75-69-44-50-22-5-4-21-49(50)43-63(69)72/h1-45H. The monoisotopic (exact) mass is 971 g/mol. The van der Waals surface area contributed by atoms with Crippen molar-refractivity contribution in [3.63, 3.8) is 0 Å². The minimum atomic E-state index is -0.634. The maximum Gasteiger partial charge on any atom is 0.132 e. The zero-order chi connectivity index (χ0) is 49.2. The first kappa shape index (κ1) is 42.4. The van der Waals surface area contributed by atoms with E-state index in [9.17, 15) is 0 Å². The Morgan fingerprint density at radius 1 is 0.293 bits per heavy atom. The number of benzene rings is 12. The molecule has 2 aliphatic heterocycles. The average molecular weight is 972 g/mol. The van der Waals surface area contributed by atoms with Crippen LogP contribution in [0.5, 0.6) is 11.5 Å². The lowest BCUT2D eigenvalue weighted by molar-refractivity contribution is 0.436. The molecule has 1 unspecified atom stereocenters. The van der Waals surface area contributed by atoms with E-state index < -0.39 is 10.8 Å². The normalized spacial score (nSPS) is 15.4. The molecule has 0 fully saturated rings. The lowest BCUT2D eigenvalue weighted by atomic mass is 9.66. The van der Waals surface area contributed by atoms with E-state index >= 15 is 0 Å². The van der Waals surface area contributed by atoms with Crippen LogP contribution in [0.3, 0.4) is 0 Å². The van der Waals surface area contributed by atoms with Crippen LogP contribution in [0, 0.1) is 0 Å². The number of nitrogens with zero attached hydrogens (tertiary/aromatic N) is 1. The quantitative estimate of drug-likeness (QED) is 0.171. The van der Waals surface area contributed by atoms with E-state index in [1.165, 1.54) is 87.3 Å². The van der Waals surface area contributed by atoms with Crippen LogP contribution >= 0.6 is 11.8 Å². The Bertz CT molecular complexity index is 4280. The third-order valence-electron chi connectivity index (χ3n) is 16.6. The van der Waals surface area contributed by atoms with Crippen molar-refractivity contribution in [3.05, 3.63) is 317 Å². The van der Waals surface area contributed by atoms with Crippen LogP contribution < -0.4 is 9.64 Å². The van der Waals surface area contributed by atoms with E-state index in [0.717, 1.165) is 50.8 Å². The van der Waals surface area contributed by atoms with E-state index in [1.807, 2.05) is 11.8 Å². The van der Waals surface area contributed by atoms with Crippen molar-refractivity contribution in [2.45, 2.75) is 20.6 Å². The van der Waals surface area contributed by atoms with Crippen LogP contribution in [0.2, 0.25) is 0 Å². The van der Waals surface area contributed by atoms with Crippen molar-refractivity contribution in [3.8, 4) is 56.0 Å². The second-order valence-corrected chi connectivity index (χ2v) is 21.3. The van der Waals surface area contributed by atoms with Crippen LogP contribution in [0.1, 0.15) is 44.5 Å². The molecular formula is C72H45NOS. The van der Waals surface area contributed by atoms with Gasteiger partial charge in [0.25, 0.3) is 0 Å². The zero-order valence-electron chi connectivity index (χ0n) is 40.7. The van der Waals surface area contributed by atoms with Gasteiger partial charge in [0, 0.05) is 37.7 Å². The summed E-state index contributed by atoms with van der Waals surface area (Å²) in [6.07, 6.45) is 0. The van der Waals surface area contributed by atoms with Crippen LogP contribution in [0.15, 0.2) is 283 Å². The molecule has 0 radical (unpaired) electrons. The predicted octanol–water partition coefficient (Wildman–Crippen LogP) is 18.9. The molecule has 1 atom stereocenters. The molecule has 3 heteroatoms. The Morgan fingerprint density at radius 3 is 1.57 bits per heavy atom. The Balaban J connectivity index is 0.999. The Labute approximate surface area is 440 Å². The molecule has 4 aliphatic rings. The highest BCUT2D eigenvalue weighted by Crippen LogP contribution is 2.66. The van der Waals surface area contributed by atoms with Gasteiger partial charge in [0.05, 0.1) is 22.2 Å². The molecule has 2 aliphatic carbocycles. The highest BCUT2D eigenvalue weighted by atomic mass is 32.2. The summed E-state index contributed by atoms with van der Waals surface area (Å²) in [5.41, 5.74) is 21.8. The van der Waals surface area contributed by atoms with E-state index in [0.29, 0.717) is 0 Å². The molecule has 0 aromatic heterocycles. The second-order valence-electron chi connectivity index (χ2n) is 20.2. The summed E-state index contributed by atoms with van der Waals surface area (Å²) >= 11 is 1.90. The molecule has 12 aromatic rings. The van der Waals surface area contributed by atoms with E-state index in [4.69, 9.17) is 4.74 Å². The van der Waals surface area contributed by atoms with E-state index in [2.05, 4.69) is 278 Å². The fourth-order valence-electron chi connectivity index (χ4n) is 13.6. The molecule has 0 bridgehead atoms. The van der Waals surface area contributed by atoms with Crippen molar-refractivity contribution >= 4 is 39.6 Å². The van der Waals surface area contributed by atoms with E-state index in [-0.39, 0.29) is 0 Å². The molecule has 0 saturated carbocycles. The molecule has 0 N–H and O–H groups in total. The predicted molar refractivity (Wildman–Crippen MR) is 308 cm³/mol. The van der Waals surface area contributed by atoms with Gasteiger partial charge >= 0.3 is 0 Å². The van der Waals surface area contributed by atoms with Crippen LogP contribution in [0.25, 0.3) is 55.3 Å². The number of hydrogen-bond acceptors (Lipinski definition) is 3. The van der Waals surface area contributed by atoms with Gasteiger partial charge in [-0.15, -0.1) is 0 Å². The summed E-state index contributed by atoms with van der Waals surface area (Å²) in [5.74, 6) is 1.76. The van der Waals surface area contributed by atoms with Gasteiger partial charge in [0.1, 0.15) is 11.5 Å². The number of hydrogen-bond donors (Lipinski definition) is 0. The van der Waals surface area contributed by atoms with Crippen molar-refractivity contribution in [2.24, 2.45) is 0 Å². The first-order chi connectivity index (χ1) is 37.2. The van der Waals surface area contributed by atoms with Crippen LogP contribution in [-0.4, -0.2) is 0 Å². The second kappa shape index (κ2) is 16.2. The highest BCUT2D eigenvalue weighted by molar-refractivity contribution is 7.99. The van der Waals surface area contributed by atoms with Gasteiger partial charge in [-0.2, -0.15) is 0 Å². The molecular weight excluding hydrogens is 927 g/mol. The van der Waals surface area contributed by atoms with Crippen molar-refractivity contribution < 1.29 is 4.74 Å². The summed E-state index contributed by atoms with van der Waals surface area (Å²) < 4.78 is 6.80. The maximum absolute atomic E-state index is 6.80. The fraction of sp³-hybridized carbons (Fsp3) is 0.0278. The minimum absolute atomic E-state index is 0.591. The molecule has 0 amide bonds. The lowest BCUT2D eigenvalue weighted by Gasteiger charge is -2.40. The van der Waals surface area contributed by atoms with Gasteiger partial charge in [-0.3, -0.25) is 0 Å². The minimum Gasteiger partial charge on any atom is -0.457 e. The Hall–Kier alpha value is -9.15. The fourth-order valence-corrected chi connectivity index (χ4v) is 14.8. The molecule has 2 nitrogen and oxygen atoms in total. The van der Waals surface area contributed by atoms with Crippen LogP contribution in [0.4, 0.5) is 17.1 Å². The van der Waals surface area contributed by atoms with Crippen molar-refractivity contribution in [1.82, 2.24) is 0 Å². The van der Waals surface area contributed by atoms with Gasteiger partial charge < -0.3 is 9.64 Å². The number of para-hydroxylation sites is 3. The summed E-state index contributed by atoms with van der Waals surface area (Å²) in [6, 6.07) is 102. The van der Waals surface area contributed by atoms with Gasteiger partial charge in [0.15, 0.2) is 0 Å². The van der Waals surface area contributed by atoms with Gasteiger partial charge in [0.2, 0.25) is 0 Å². The average Bonchev–Trinajstić information content (AvgIpc) is 4.15.